The summed E-state index contributed by atoms with van der Waals surface area (Å²) < 4.78 is 32.4. The molecule has 0 saturated carbocycles. The van der Waals surface area contributed by atoms with E-state index in [4.69, 9.17) is 4.74 Å². The lowest BCUT2D eigenvalue weighted by Crippen LogP contribution is -2.41. The van der Waals surface area contributed by atoms with E-state index in [0.717, 1.165) is 13.1 Å². The fraction of sp³-hybridized carbons (Fsp3) is 0.667. The molecule has 0 spiro atoms. The van der Waals surface area contributed by atoms with Gasteiger partial charge >= 0.3 is 0 Å². The van der Waals surface area contributed by atoms with Crippen molar-refractivity contribution in [3.63, 3.8) is 0 Å². The second-order valence-electron chi connectivity index (χ2n) is 4.68. The first-order valence-corrected chi connectivity index (χ1v) is 8.88. The SMILES string of the molecule is Cc1csc(CO)c1S(=O)(=O)NCCN1CCOCC1. The highest BCUT2D eigenvalue weighted by molar-refractivity contribution is 7.89. The molecular formula is C12H20N2O4S2. The zero-order valence-corrected chi connectivity index (χ0v) is 13.1. The van der Waals surface area contributed by atoms with Gasteiger partial charge in [0.15, 0.2) is 0 Å². The van der Waals surface area contributed by atoms with Gasteiger partial charge in [0.1, 0.15) is 4.90 Å². The Morgan fingerprint density at radius 3 is 2.80 bits per heavy atom. The first-order valence-electron chi connectivity index (χ1n) is 6.52. The van der Waals surface area contributed by atoms with Gasteiger partial charge in [-0.25, -0.2) is 13.1 Å². The average molecular weight is 320 g/mol. The Balaban J connectivity index is 1.95. The van der Waals surface area contributed by atoms with E-state index in [1.165, 1.54) is 11.3 Å². The van der Waals surface area contributed by atoms with Crippen molar-refractivity contribution >= 4 is 21.4 Å². The summed E-state index contributed by atoms with van der Waals surface area (Å²) in [5, 5.41) is 11.0. The number of nitrogens with one attached hydrogen (secondary N) is 1. The van der Waals surface area contributed by atoms with Gasteiger partial charge in [0.2, 0.25) is 10.0 Å². The molecule has 1 aliphatic rings. The minimum Gasteiger partial charge on any atom is -0.391 e. The first-order chi connectivity index (χ1) is 9.54. The Kier molecular flexibility index (Phi) is 5.53. The van der Waals surface area contributed by atoms with Gasteiger partial charge in [0.25, 0.3) is 0 Å². The van der Waals surface area contributed by atoms with Gasteiger partial charge in [0.05, 0.1) is 24.7 Å². The highest BCUT2D eigenvalue weighted by atomic mass is 32.2. The van der Waals surface area contributed by atoms with Gasteiger partial charge in [-0.2, -0.15) is 0 Å². The summed E-state index contributed by atoms with van der Waals surface area (Å²) in [5.41, 5.74) is 0.679. The molecule has 6 nitrogen and oxygen atoms in total. The predicted molar refractivity (Wildman–Crippen MR) is 77.4 cm³/mol. The Hall–Kier alpha value is -0.510. The summed E-state index contributed by atoms with van der Waals surface area (Å²) in [6.07, 6.45) is 0. The lowest BCUT2D eigenvalue weighted by atomic mass is 10.3. The van der Waals surface area contributed by atoms with Gasteiger partial charge < -0.3 is 9.84 Å². The molecule has 1 aromatic rings. The molecule has 0 aromatic carbocycles. The molecule has 1 saturated heterocycles. The van der Waals surface area contributed by atoms with E-state index >= 15 is 0 Å². The van der Waals surface area contributed by atoms with Gasteiger partial charge in [0, 0.05) is 26.2 Å². The van der Waals surface area contributed by atoms with Crippen LogP contribution in [0.25, 0.3) is 0 Å². The molecule has 1 aromatic heterocycles. The Morgan fingerprint density at radius 2 is 2.15 bits per heavy atom. The van der Waals surface area contributed by atoms with Crippen LogP contribution in [0.4, 0.5) is 0 Å². The number of hydrogen-bond donors (Lipinski definition) is 2. The number of morpholine rings is 1. The number of thiophene rings is 1. The van der Waals surface area contributed by atoms with Crippen LogP contribution in [-0.4, -0.2) is 57.8 Å². The fourth-order valence-corrected chi connectivity index (χ4v) is 4.87. The molecule has 0 aliphatic carbocycles. The van der Waals surface area contributed by atoms with Crippen LogP contribution in [0.3, 0.4) is 0 Å². The molecule has 2 rings (SSSR count). The minimum absolute atomic E-state index is 0.229. The predicted octanol–water partition coefficient (Wildman–Crippen LogP) is 0.159. The highest BCUT2D eigenvalue weighted by Crippen LogP contribution is 2.26. The molecule has 1 aliphatic heterocycles. The molecule has 20 heavy (non-hydrogen) atoms. The zero-order chi connectivity index (χ0) is 14.6. The topological polar surface area (TPSA) is 78.9 Å². The summed E-state index contributed by atoms with van der Waals surface area (Å²) >= 11 is 1.27. The second kappa shape index (κ2) is 6.97. The van der Waals surface area contributed by atoms with Gasteiger partial charge in [-0.1, -0.05) is 0 Å². The van der Waals surface area contributed by atoms with Crippen molar-refractivity contribution < 1.29 is 18.3 Å². The van der Waals surface area contributed by atoms with Gasteiger partial charge in [-0.05, 0) is 17.9 Å². The van der Waals surface area contributed by atoms with Crippen LogP contribution >= 0.6 is 11.3 Å². The van der Waals surface area contributed by atoms with Crippen molar-refractivity contribution in [1.29, 1.82) is 0 Å². The molecule has 0 unspecified atom stereocenters. The van der Waals surface area contributed by atoms with Crippen molar-refractivity contribution in [2.75, 3.05) is 39.4 Å². The van der Waals surface area contributed by atoms with Crippen molar-refractivity contribution in [2.24, 2.45) is 0 Å². The average Bonchev–Trinajstić information content (AvgIpc) is 2.81. The van der Waals surface area contributed by atoms with E-state index in [1.807, 2.05) is 0 Å². The third-order valence-electron chi connectivity index (χ3n) is 3.23. The Labute approximate surface area is 123 Å². The number of aliphatic hydroxyl groups is 1. The standard InChI is InChI=1S/C12H20N2O4S2/c1-10-9-19-11(8-15)12(10)20(16,17)13-2-3-14-4-6-18-7-5-14/h9,13,15H,2-8H2,1H3. The molecule has 0 bridgehead atoms. The van der Waals surface area contributed by atoms with Crippen LogP contribution in [0, 0.1) is 6.92 Å². The maximum absolute atomic E-state index is 12.3. The maximum atomic E-state index is 12.3. The number of hydrogen-bond acceptors (Lipinski definition) is 6. The molecule has 2 N–H and O–H groups in total. The smallest absolute Gasteiger partial charge is 0.242 e. The van der Waals surface area contributed by atoms with Crippen molar-refractivity contribution in [2.45, 2.75) is 18.4 Å². The fourth-order valence-electron chi connectivity index (χ4n) is 2.19. The molecule has 0 amide bonds. The van der Waals surface area contributed by atoms with Crippen LogP contribution in [-0.2, 0) is 21.4 Å². The lowest BCUT2D eigenvalue weighted by Gasteiger charge is -2.26. The van der Waals surface area contributed by atoms with E-state index < -0.39 is 10.0 Å². The molecule has 0 radical (unpaired) electrons. The van der Waals surface area contributed by atoms with E-state index in [1.54, 1.807) is 12.3 Å². The third kappa shape index (κ3) is 3.78. The maximum Gasteiger partial charge on any atom is 0.242 e. The van der Waals surface area contributed by atoms with Crippen LogP contribution < -0.4 is 4.72 Å². The minimum atomic E-state index is -3.55. The van der Waals surface area contributed by atoms with Crippen LogP contribution in [0.5, 0.6) is 0 Å². The van der Waals surface area contributed by atoms with Crippen molar-refractivity contribution in [3.8, 4) is 0 Å². The zero-order valence-electron chi connectivity index (χ0n) is 11.5. The highest BCUT2D eigenvalue weighted by Gasteiger charge is 2.22. The summed E-state index contributed by atoms with van der Waals surface area (Å²) in [6, 6.07) is 0. The van der Waals surface area contributed by atoms with Crippen molar-refractivity contribution in [3.05, 3.63) is 15.8 Å². The number of rotatable bonds is 6. The van der Waals surface area contributed by atoms with E-state index in [2.05, 4.69) is 9.62 Å². The van der Waals surface area contributed by atoms with E-state index in [0.29, 0.717) is 36.7 Å². The number of sulfonamides is 1. The third-order valence-corrected chi connectivity index (χ3v) is 6.13. The van der Waals surface area contributed by atoms with E-state index in [9.17, 15) is 13.5 Å². The number of nitrogens with zero attached hydrogens (tertiary/aromatic N) is 1. The van der Waals surface area contributed by atoms with Crippen LogP contribution in [0.1, 0.15) is 10.4 Å². The lowest BCUT2D eigenvalue weighted by molar-refractivity contribution is 0.0390. The normalized spacial score (nSPS) is 17.5. The van der Waals surface area contributed by atoms with E-state index in [-0.39, 0.29) is 11.5 Å². The first kappa shape index (κ1) is 15.9. The largest absolute Gasteiger partial charge is 0.391 e. The second-order valence-corrected chi connectivity index (χ2v) is 7.35. The molecule has 1 fully saturated rings. The van der Waals surface area contributed by atoms with Gasteiger partial charge in [-0.3, -0.25) is 4.90 Å². The monoisotopic (exact) mass is 320 g/mol. The Morgan fingerprint density at radius 1 is 1.45 bits per heavy atom. The Bertz CT molecular complexity index is 536. The molecule has 114 valence electrons. The van der Waals surface area contributed by atoms with Gasteiger partial charge in [-0.15, -0.1) is 11.3 Å². The summed E-state index contributed by atoms with van der Waals surface area (Å²) in [4.78, 5) is 2.88. The molecule has 2 heterocycles. The molecule has 8 heteroatoms. The number of aryl methyl sites for hydroxylation is 1. The molecular weight excluding hydrogens is 300 g/mol. The van der Waals surface area contributed by atoms with Crippen LogP contribution in [0.2, 0.25) is 0 Å². The quantitative estimate of drug-likeness (QED) is 0.780. The van der Waals surface area contributed by atoms with Crippen molar-refractivity contribution in [1.82, 2.24) is 9.62 Å². The summed E-state index contributed by atoms with van der Waals surface area (Å²) in [6.45, 7) is 5.59. The summed E-state index contributed by atoms with van der Waals surface area (Å²) in [5.74, 6) is 0. The number of aliphatic hydroxyl groups excluding tert-OH is 1. The molecule has 0 atom stereocenters. The summed E-state index contributed by atoms with van der Waals surface area (Å²) in [7, 11) is -3.55. The number of ether oxygens (including phenoxy) is 1. The van der Waals surface area contributed by atoms with Crippen LogP contribution in [0.15, 0.2) is 10.3 Å².